The van der Waals surface area contributed by atoms with Gasteiger partial charge in [0.05, 0.1) is 10.9 Å². The summed E-state index contributed by atoms with van der Waals surface area (Å²) >= 11 is 3.94. The van der Waals surface area contributed by atoms with Gasteiger partial charge in [-0.05, 0) is 28.4 Å². The molecule has 2 N–H and O–H groups in total. The Bertz CT molecular complexity index is 624. The zero-order valence-corrected chi connectivity index (χ0v) is 13.8. The minimum atomic E-state index is -4.04. The summed E-state index contributed by atoms with van der Waals surface area (Å²) < 4.78 is 31.0. The number of carboxylic acid groups (broad SMARTS) is 1. The molecule has 0 aliphatic rings. The summed E-state index contributed by atoms with van der Waals surface area (Å²) in [6.07, 6.45) is 0.0974. The van der Waals surface area contributed by atoms with Crippen molar-refractivity contribution < 1.29 is 27.9 Å². The highest BCUT2D eigenvalue weighted by Gasteiger charge is 2.28. The molecule has 0 bridgehead atoms. The van der Waals surface area contributed by atoms with Gasteiger partial charge in [-0.2, -0.15) is 4.72 Å². The van der Waals surface area contributed by atoms with Gasteiger partial charge in [-0.1, -0.05) is 6.92 Å². The fourth-order valence-electron chi connectivity index (χ4n) is 1.30. The van der Waals surface area contributed by atoms with Gasteiger partial charge in [0, 0.05) is 0 Å². The van der Waals surface area contributed by atoms with Crippen LogP contribution in [-0.4, -0.2) is 38.6 Å². The molecule has 20 heavy (non-hydrogen) atoms. The average molecular weight is 386 g/mol. The molecule has 0 aliphatic heterocycles. The van der Waals surface area contributed by atoms with Gasteiger partial charge in [0.2, 0.25) is 10.0 Å². The lowest BCUT2D eigenvalue weighted by atomic mass is 10.2. The molecule has 0 saturated heterocycles. The van der Waals surface area contributed by atoms with Gasteiger partial charge in [0.15, 0.2) is 0 Å². The Labute approximate surface area is 128 Å². The first-order chi connectivity index (χ1) is 9.22. The van der Waals surface area contributed by atoms with E-state index in [1.807, 2.05) is 0 Å². The number of carboxylic acids is 1. The number of hydrogen-bond acceptors (Lipinski definition) is 6. The van der Waals surface area contributed by atoms with Crippen LogP contribution >= 0.6 is 27.3 Å². The van der Waals surface area contributed by atoms with E-state index in [4.69, 9.17) is 5.11 Å². The highest BCUT2D eigenvalue weighted by Crippen LogP contribution is 2.32. The summed E-state index contributed by atoms with van der Waals surface area (Å²) in [7, 11) is -2.86. The molecule has 0 spiro atoms. The van der Waals surface area contributed by atoms with Crippen molar-refractivity contribution in [3.8, 4) is 0 Å². The number of nitrogens with one attached hydrogen (secondary N) is 1. The number of sulfonamides is 1. The van der Waals surface area contributed by atoms with Gasteiger partial charge >= 0.3 is 11.9 Å². The summed E-state index contributed by atoms with van der Waals surface area (Å²) in [5.74, 6) is -1.93. The van der Waals surface area contributed by atoms with Gasteiger partial charge in [-0.3, -0.25) is 4.79 Å². The molecule has 0 aromatic carbocycles. The zero-order valence-electron chi connectivity index (χ0n) is 10.5. The standard InChI is InChI=1S/C10H12BrNO6S2/c1-3-5(9(13)14)12-20(16,17)7-4-6(10(15)18-2)19-8(7)11/h4-5,12H,3H2,1-2H3,(H,13,14)/t5-/m1/s1. The highest BCUT2D eigenvalue weighted by atomic mass is 79.9. The number of halogens is 1. The van der Waals surface area contributed by atoms with E-state index in [2.05, 4.69) is 25.4 Å². The van der Waals surface area contributed by atoms with E-state index < -0.39 is 28.0 Å². The second-order valence-electron chi connectivity index (χ2n) is 3.66. The summed E-state index contributed by atoms with van der Waals surface area (Å²) in [4.78, 5) is 22.1. The first-order valence-electron chi connectivity index (χ1n) is 5.35. The Kier molecular flexibility index (Phi) is 5.68. The number of carbonyl (C=O) groups is 2. The predicted molar refractivity (Wildman–Crippen MR) is 75.4 cm³/mol. The van der Waals surface area contributed by atoms with Crippen molar-refractivity contribution in [3.63, 3.8) is 0 Å². The Balaban J connectivity index is 3.13. The second-order valence-corrected chi connectivity index (χ2v) is 7.71. The van der Waals surface area contributed by atoms with Crippen LogP contribution in [0, 0.1) is 0 Å². The zero-order chi connectivity index (χ0) is 15.5. The van der Waals surface area contributed by atoms with Crippen LogP contribution < -0.4 is 4.72 Å². The second kappa shape index (κ2) is 6.66. The minimum absolute atomic E-state index is 0.0974. The monoisotopic (exact) mass is 385 g/mol. The molecule has 1 heterocycles. The molecule has 10 heteroatoms. The van der Waals surface area contributed by atoms with Crippen molar-refractivity contribution in [2.75, 3.05) is 7.11 Å². The predicted octanol–water partition coefficient (Wildman–Crippen LogP) is 1.44. The Morgan fingerprint density at radius 1 is 1.55 bits per heavy atom. The van der Waals surface area contributed by atoms with Gasteiger partial charge in [-0.15, -0.1) is 11.3 Å². The Hall–Kier alpha value is -0.970. The molecule has 1 aromatic rings. The maximum absolute atomic E-state index is 12.1. The molecule has 0 aliphatic carbocycles. The number of esters is 1. The summed E-state index contributed by atoms with van der Waals surface area (Å²) in [5.41, 5.74) is 0. The lowest BCUT2D eigenvalue weighted by Crippen LogP contribution is -2.40. The Morgan fingerprint density at radius 3 is 2.60 bits per heavy atom. The number of carbonyl (C=O) groups excluding carboxylic acids is 1. The largest absolute Gasteiger partial charge is 0.480 e. The molecule has 0 amide bonds. The van der Waals surface area contributed by atoms with Crippen LogP contribution in [0.1, 0.15) is 23.0 Å². The first-order valence-corrected chi connectivity index (χ1v) is 8.45. The third kappa shape index (κ3) is 3.78. The highest BCUT2D eigenvalue weighted by molar-refractivity contribution is 9.11. The van der Waals surface area contributed by atoms with Gasteiger partial charge < -0.3 is 9.84 Å². The smallest absolute Gasteiger partial charge is 0.348 e. The number of rotatable bonds is 6. The minimum Gasteiger partial charge on any atom is -0.480 e. The van der Waals surface area contributed by atoms with E-state index in [0.29, 0.717) is 0 Å². The molecule has 0 radical (unpaired) electrons. The van der Waals surface area contributed by atoms with Crippen LogP contribution in [0.15, 0.2) is 14.7 Å². The van der Waals surface area contributed by atoms with Gasteiger partial charge in [0.1, 0.15) is 15.8 Å². The molecule has 1 aromatic heterocycles. The maximum atomic E-state index is 12.1. The maximum Gasteiger partial charge on any atom is 0.348 e. The molecule has 7 nitrogen and oxygen atoms in total. The van der Waals surface area contributed by atoms with Crippen LogP contribution in [0.3, 0.4) is 0 Å². The van der Waals surface area contributed by atoms with Crippen molar-refractivity contribution in [1.82, 2.24) is 4.72 Å². The van der Waals surface area contributed by atoms with Crippen molar-refractivity contribution >= 4 is 49.2 Å². The number of thiophene rings is 1. The fourth-order valence-corrected chi connectivity index (χ4v) is 5.05. The van der Waals surface area contributed by atoms with Crippen molar-refractivity contribution in [3.05, 3.63) is 14.7 Å². The molecule has 1 atom stereocenters. The van der Waals surface area contributed by atoms with Crippen molar-refractivity contribution in [2.45, 2.75) is 24.3 Å². The van der Waals surface area contributed by atoms with E-state index in [9.17, 15) is 18.0 Å². The lowest BCUT2D eigenvalue weighted by Gasteiger charge is -2.12. The van der Waals surface area contributed by atoms with Crippen molar-refractivity contribution in [1.29, 1.82) is 0 Å². The third-order valence-corrected chi connectivity index (χ3v) is 6.04. The van der Waals surface area contributed by atoms with E-state index >= 15 is 0 Å². The number of methoxy groups -OCH3 is 1. The summed E-state index contributed by atoms with van der Waals surface area (Å²) in [6.45, 7) is 1.55. The number of hydrogen-bond donors (Lipinski definition) is 2. The number of ether oxygens (including phenoxy) is 1. The topological polar surface area (TPSA) is 110 Å². The fraction of sp³-hybridized carbons (Fsp3) is 0.400. The van der Waals surface area contributed by atoms with Crippen LogP contribution in [0.5, 0.6) is 0 Å². The molecular weight excluding hydrogens is 374 g/mol. The molecule has 0 fully saturated rings. The molecule has 0 saturated carbocycles. The quantitative estimate of drug-likeness (QED) is 0.716. The van der Waals surface area contributed by atoms with Crippen molar-refractivity contribution in [2.24, 2.45) is 0 Å². The number of aliphatic carboxylic acids is 1. The normalized spacial score (nSPS) is 12.9. The molecule has 0 unspecified atom stereocenters. The average Bonchev–Trinajstić information content (AvgIpc) is 2.77. The van der Waals surface area contributed by atoms with E-state index in [1.54, 1.807) is 6.92 Å². The Morgan fingerprint density at radius 2 is 2.15 bits per heavy atom. The van der Waals surface area contributed by atoms with Gasteiger partial charge in [0.25, 0.3) is 0 Å². The molecule has 1 rings (SSSR count). The van der Waals surface area contributed by atoms with Gasteiger partial charge in [-0.25, -0.2) is 13.2 Å². The van der Waals surface area contributed by atoms with E-state index in [-0.39, 0.29) is 20.0 Å². The van der Waals surface area contributed by atoms with Crippen LogP contribution in [0.25, 0.3) is 0 Å². The summed E-state index contributed by atoms with van der Waals surface area (Å²) in [5, 5.41) is 8.87. The van der Waals surface area contributed by atoms with Crippen LogP contribution in [0.2, 0.25) is 0 Å². The van der Waals surface area contributed by atoms with Crippen LogP contribution in [-0.2, 0) is 19.6 Å². The van der Waals surface area contributed by atoms with E-state index in [1.165, 1.54) is 7.11 Å². The summed E-state index contributed by atoms with van der Waals surface area (Å²) in [6, 6.07) is -0.0920. The third-order valence-electron chi connectivity index (χ3n) is 2.34. The van der Waals surface area contributed by atoms with Crippen LogP contribution in [0.4, 0.5) is 0 Å². The molecular formula is C10H12BrNO6S2. The SMILES string of the molecule is CC[C@@H](NS(=O)(=O)c1cc(C(=O)OC)sc1Br)C(=O)O. The molecule has 112 valence electrons. The first kappa shape index (κ1) is 17.1. The lowest BCUT2D eigenvalue weighted by molar-refractivity contribution is -0.139. The van der Waals surface area contributed by atoms with E-state index in [0.717, 1.165) is 17.4 Å².